The molecule has 0 fully saturated rings. The van der Waals surface area contributed by atoms with Crippen LogP contribution in [-0.4, -0.2) is 43.3 Å². The Morgan fingerprint density at radius 1 is 1.09 bits per heavy atom. The zero-order valence-corrected chi connectivity index (χ0v) is 12.2. The average Bonchev–Trinajstić information content (AvgIpc) is 2.52. The fourth-order valence-corrected chi connectivity index (χ4v) is 1.69. The molecule has 0 heterocycles. The van der Waals surface area contributed by atoms with Crippen molar-refractivity contribution < 1.29 is 24.2 Å². The molecule has 0 saturated heterocycles. The van der Waals surface area contributed by atoms with Gasteiger partial charge in [0.2, 0.25) is 0 Å². The molecule has 0 aromatic heterocycles. The van der Waals surface area contributed by atoms with Gasteiger partial charge in [-0.25, -0.2) is 9.59 Å². The molecule has 1 aromatic rings. The summed E-state index contributed by atoms with van der Waals surface area (Å²) in [4.78, 5) is 23.9. The van der Waals surface area contributed by atoms with E-state index in [-0.39, 0.29) is 19.0 Å². The van der Waals surface area contributed by atoms with E-state index >= 15 is 0 Å². The number of hydrogen-bond acceptors (Lipinski definition) is 6. The molecule has 118 valence electrons. The third kappa shape index (κ3) is 6.13. The van der Waals surface area contributed by atoms with Gasteiger partial charge < -0.3 is 19.5 Å². The first-order valence-corrected chi connectivity index (χ1v) is 6.69. The molecule has 6 nitrogen and oxygen atoms in total. The third-order valence-electron chi connectivity index (χ3n) is 2.74. The van der Waals surface area contributed by atoms with Gasteiger partial charge in [-0.2, -0.15) is 0 Å². The standard InChI is InChI=1S/C16H19NO5/c1-3-15(19)21-10-8-17(9-11-22-16(20)4-2)13-6-5-7-14(18)12-13/h3-7,12,18H,1-2,8-11H2. The Morgan fingerprint density at radius 3 is 2.09 bits per heavy atom. The average molecular weight is 305 g/mol. The zero-order chi connectivity index (χ0) is 16.4. The molecule has 22 heavy (non-hydrogen) atoms. The molecule has 0 amide bonds. The molecule has 0 bridgehead atoms. The van der Waals surface area contributed by atoms with Crippen LogP contribution >= 0.6 is 0 Å². The number of esters is 2. The SMILES string of the molecule is C=CC(=O)OCCN(CCOC(=O)C=C)c1cccc(O)c1. The maximum Gasteiger partial charge on any atom is 0.330 e. The number of benzene rings is 1. The zero-order valence-electron chi connectivity index (χ0n) is 12.2. The van der Waals surface area contributed by atoms with Crippen molar-refractivity contribution in [2.45, 2.75) is 0 Å². The van der Waals surface area contributed by atoms with E-state index in [4.69, 9.17) is 9.47 Å². The Balaban J connectivity index is 2.63. The van der Waals surface area contributed by atoms with Gasteiger partial charge in [-0.3, -0.25) is 0 Å². The minimum atomic E-state index is -0.506. The molecule has 0 aliphatic rings. The molecule has 0 aliphatic heterocycles. The molecule has 0 saturated carbocycles. The van der Waals surface area contributed by atoms with Gasteiger partial charge in [0.1, 0.15) is 19.0 Å². The van der Waals surface area contributed by atoms with Crippen LogP contribution in [0.2, 0.25) is 0 Å². The van der Waals surface area contributed by atoms with Crippen molar-refractivity contribution in [1.29, 1.82) is 0 Å². The Bertz CT molecular complexity index is 515. The fraction of sp³-hybridized carbons (Fsp3) is 0.250. The number of rotatable bonds is 9. The van der Waals surface area contributed by atoms with Gasteiger partial charge in [-0.15, -0.1) is 0 Å². The lowest BCUT2D eigenvalue weighted by Gasteiger charge is -2.24. The van der Waals surface area contributed by atoms with Crippen LogP contribution < -0.4 is 4.90 Å². The van der Waals surface area contributed by atoms with E-state index in [0.29, 0.717) is 13.1 Å². The Hall–Kier alpha value is -2.76. The van der Waals surface area contributed by atoms with E-state index in [1.54, 1.807) is 24.3 Å². The van der Waals surface area contributed by atoms with Crippen LogP contribution in [0.3, 0.4) is 0 Å². The lowest BCUT2D eigenvalue weighted by atomic mass is 10.2. The van der Waals surface area contributed by atoms with Crippen molar-refractivity contribution in [3.63, 3.8) is 0 Å². The molecule has 1 rings (SSSR count). The van der Waals surface area contributed by atoms with E-state index in [1.807, 2.05) is 4.90 Å². The van der Waals surface area contributed by atoms with Gasteiger partial charge >= 0.3 is 11.9 Å². The Labute approximate surface area is 129 Å². The number of nitrogens with zero attached hydrogens (tertiary/aromatic N) is 1. The number of anilines is 1. The highest BCUT2D eigenvalue weighted by Gasteiger charge is 2.09. The van der Waals surface area contributed by atoms with Crippen molar-refractivity contribution in [2.24, 2.45) is 0 Å². The summed E-state index contributed by atoms with van der Waals surface area (Å²) in [6, 6.07) is 6.62. The largest absolute Gasteiger partial charge is 0.508 e. The number of phenols is 1. The van der Waals surface area contributed by atoms with Crippen LogP contribution in [0.5, 0.6) is 5.75 Å². The van der Waals surface area contributed by atoms with Crippen LogP contribution in [0.25, 0.3) is 0 Å². The molecule has 0 atom stereocenters. The van der Waals surface area contributed by atoms with Gasteiger partial charge in [0, 0.05) is 23.9 Å². The van der Waals surface area contributed by atoms with Crippen LogP contribution in [0.4, 0.5) is 5.69 Å². The molecule has 6 heteroatoms. The lowest BCUT2D eigenvalue weighted by molar-refractivity contribution is -0.137. The first-order valence-electron chi connectivity index (χ1n) is 6.69. The maximum absolute atomic E-state index is 11.0. The van der Waals surface area contributed by atoms with Crippen molar-refractivity contribution in [3.05, 3.63) is 49.6 Å². The quantitative estimate of drug-likeness (QED) is 0.552. The van der Waals surface area contributed by atoms with E-state index in [0.717, 1.165) is 17.8 Å². The number of carbonyl (C=O) groups excluding carboxylic acids is 2. The van der Waals surface area contributed by atoms with Gasteiger partial charge in [0.05, 0.1) is 13.1 Å². The number of carbonyl (C=O) groups is 2. The van der Waals surface area contributed by atoms with Crippen LogP contribution in [-0.2, 0) is 19.1 Å². The highest BCUT2D eigenvalue weighted by Crippen LogP contribution is 2.19. The summed E-state index contributed by atoms with van der Waals surface area (Å²) < 4.78 is 9.87. The fourth-order valence-electron chi connectivity index (χ4n) is 1.69. The van der Waals surface area contributed by atoms with Crippen LogP contribution in [0.1, 0.15) is 0 Å². The van der Waals surface area contributed by atoms with E-state index < -0.39 is 11.9 Å². The maximum atomic E-state index is 11.0. The molecule has 1 aromatic carbocycles. The first kappa shape index (κ1) is 17.3. The molecule has 0 spiro atoms. The summed E-state index contributed by atoms with van der Waals surface area (Å²) >= 11 is 0. The summed E-state index contributed by atoms with van der Waals surface area (Å²) in [5.41, 5.74) is 0.726. The summed E-state index contributed by atoms with van der Waals surface area (Å²) in [7, 11) is 0. The Kier molecular flexibility index (Phi) is 7.25. The van der Waals surface area contributed by atoms with Crippen molar-refractivity contribution in [1.82, 2.24) is 0 Å². The number of ether oxygens (including phenoxy) is 2. The minimum absolute atomic E-state index is 0.119. The second-order valence-electron chi connectivity index (χ2n) is 4.25. The normalized spacial score (nSPS) is 9.64. The Morgan fingerprint density at radius 2 is 1.64 bits per heavy atom. The topological polar surface area (TPSA) is 76.1 Å². The number of aromatic hydroxyl groups is 1. The molecule has 1 N–H and O–H groups in total. The van der Waals surface area contributed by atoms with E-state index in [9.17, 15) is 14.7 Å². The lowest BCUT2D eigenvalue weighted by Crippen LogP contribution is -2.31. The third-order valence-corrected chi connectivity index (χ3v) is 2.74. The van der Waals surface area contributed by atoms with Gasteiger partial charge in [-0.1, -0.05) is 19.2 Å². The predicted molar refractivity (Wildman–Crippen MR) is 82.6 cm³/mol. The smallest absolute Gasteiger partial charge is 0.330 e. The molecule has 0 unspecified atom stereocenters. The molecule has 0 aliphatic carbocycles. The summed E-state index contributed by atoms with van der Waals surface area (Å²) in [5, 5.41) is 9.54. The van der Waals surface area contributed by atoms with Crippen molar-refractivity contribution in [3.8, 4) is 5.75 Å². The van der Waals surface area contributed by atoms with Gasteiger partial charge in [-0.05, 0) is 12.1 Å². The van der Waals surface area contributed by atoms with E-state index in [1.165, 1.54) is 0 Å². The molecule has 0 radical (unpaired) electrons. The van der Waals surface area contributed by atoms with Crippen LogP contribution in [0.15, 0.2) is 49.6 Å². The molecular weight excluding hydrogens is 286 g/mol. The van der Waals surface area contributed by atoms with Crippen LogP contribution in [0, 0.1) is 0 Å². The van der Waals surface area contributed by atoms with Crippen molar-refractivity contribution in [2.75, 3.05) is 31.2 Å². The monoisotopic (exact) mass is 305 g/mol. The van der Waals surface area contributed by atoms with Crippen molar-refractivity contribution >= 4 is 17.6 Å². The second kappa shape index (κ2) is 9.23. The predicted octanol–water partition coefficient (Wildman–Crippen LogP) is 1.66. The molecular formula is C16H19NO5. The first-order chi connectivity index (χ1) is 10.6. The summed E-state index contributed by atoms with van der Waals surface area (Å²) in [6.07, 6.45) is 2.18. The number of phenolic OH excluding ortho intramolecular Hbond substituents is 1. The number of hydrogen-bond donors (Lipinski definition) is 1. The van der Waals surface area contributed by atoms with E-state index in [2.05, 4.69) is 13.2 Å². The van der Waals surface area contributed by atoms with Gasteiger partial charge in [0.15, 0.2) is 0 Å². The summed E-state index contributed by atoms with van der Waals surface area (Å²) in [6.45, 7) is 7.70. The second-order valence-corrected chi connectivity index (χ2v) is 4.25. The van der Waals surface area contributed by atoms with Gasteiger partial charge in [0.25, 0.3) is 0 Å². The minimum Gasteiger partial charge on any atom is -0.508 e. The highest BCUT2D eigenvalue weighted by molar-refractivity contribution is 5.81. The summed E-state index contributed by atoms with van der Waals surface area (Å²) in [5.74, 6) is -0.892. The highest BCUT2D eigenvalue weighted by atomic mass is 16.5.